The molecule has 0 spiro atoms. The Morgan fingerprint density at radius 1 is 1.10 bits per heavy atom. The van der Waals surface area contributed by atoms with Gasteiger partial charge in [-0.2, -0.15) is 13.2 Å². The molecule has 0 fully saturated rings. The fourth-order valence-electron chi connectivity index (χ4n) is 4.48. The van der Waals surface area contributed by atoms with Crippen LogP contribution in [0.5, 0.6) is 5.75 Å². The SMILES string of the molecule is CCOc1ccc(-n2c(C(N)CN(CCN)C(=O)Cc3ccc(C(F)(F)F)c(F)c3)nc3ccccc3c2=O)cc1. The highest BCUT2D eigenvalue weighted by molar-refractivity contribution is 5.79. The minimum Gasteiger partial charge on any atom is -0.494 e. The molecule has 41 heavy (non-hydrogen) atoms. The molecule has 12 heteroatoms. The minimum atomic E-state index is -4.85. The highest BCUT2D eigenvalue weighted by Crippen LogP contribution is 2.31. The summed E-state index contributed by atoms with van der Waals surface area (Å²) < 4.78 is 59.8. The second kappa shape index (κ2) is 12.5. The van der Waals surface area contributed by atoms with Crippen molar-refractivity contribution in [3.05, 3.63) is 99.9 Å². The Kier molecular flexibility index (Phi) is 9.04. The number of amides is 1. The smallest absolute Gasteiger partial charge is 0.419 e. The van der Waals surface area contributed by atoms with E-state index >= 15 is 0 Å². The fourth-order valence-corrected chi connectivity index (χ4v) is 4.48. The molecule has 0 aliphatic heterocycles. The first-order valence-corrected chi connectivity index (χ1v) is 12.9. The predicted molar refractivity (Wildman–Crippen MR) is 146 cm³/mol. The van der Waals surface area contributed by atoms with E-state index in [4.69, 9.17) is 16.2 Å². The number of aromatic nitrogens is 2. The first kappa shape index (κ1) is 29.7. The molecule has 3 aromatic carbocycles. The third kappa shape index (κ3) is 6.72. The van der Waals surface area contributed by atoms with Crippen molar-refractivity contribution in [3.63, 3.8) is 0 Å². The van der Waals surface area contributed by atoms with Gasteiger partial charge in [0.25, 0.3) is 5.56 Å². The number of fused-ring (bicyclic) bond motifs is 1. The lowest BCUT2D eigenvalue weighted by Gasteiger charge is -2.27. The number of alkyl halides is 3. The van der Waals surface area contributed by atoms with Gasteiger partial charge in [0.2, 0.25) is 5.91 Å². The summed E-state index contributed by atoms with van der Waals surface area (Å²) >= 11 is 0. The van der Waals surface area contributed by atoms with E-state index in [2.05, 4.69) is 4.98 Å². The molecule has 4 aromatic rings. The molecule has 0 bridgehead atoms. The van der Waals surface area contributed by atoms with Gasteiger partial charge in [0.15, 0.2) is 0 Å². The van der Waals surface area contributed by atoms with Crippen LogP contribution in [0.2, 0.25) is 0 Å². The second-order valence-electron chi connectivity index (χ2n) is 9.28. The van der Waals surface area contributed by atoms with Gasteiger partial charge in [0.05, 0.1) is 41.2 Å². The number of hydrogen-bond acceptors (Lipinski definition) is 6. The third-order valence-corrected chi connectivity index (χ3v) is 6.40. The molecule has 0 aliphatic carbocycles. The minimum absolute atomic E-state index is 0.0613. The number of carbonyl (C=O) groups excluding carboxylic acids is 1. The van der Waals surface area contributed by atoms with Crippen LogP contribution in [-0.4, -0.2) is 46.6 Å². The number of halogens is 4. The van der Waals surface area contributed by atoms with Gasteiger partial charge in [-0.1, -0.05) is 18.2 Å². The van der Waals surface area contributed by atoms with E-state index < -0.39 is 29.5 Å². The van der Waals surface area contributed by atoms with Gasteiger partial charge < -0.3 is 21.1 Å². The summed E-state index contributed by atoms with van der Waals surface area (Å²) in [5.74, 6) is -1.19. The fraction of sp³-hybridized carbons (Fsp3) is 0.276. The molecule has 216 valence electrons. The number of hydrogen-bond donors (Lipinski definition) is 2. The molecule has 0 saturated carbocycles. The van der Waals surface area contributed by atoms with E-state index in [-0.39, 0.29) is 43.0 Å². The van der Waals surface area contributed by atoms with Crippen molar-refractivity contribution in [2.24, 2.45) is 11.5 Å². The maximum atomic E-state index is 14.1. The van der Waals surface area contributed by atoms with Crippen LogP contribution in [0.3, 0.4) is 0 Å². The summed E-state index contributed by atoms with van der Waals surface area (Å²) in [6.07, 6.45) is -5.23. The number of carbonyl (C=O) groups is 1. The quantitative estimate of drug-likeness (QED) is 0.278. The van der Waals surface area contributed by atoms with E-state index in [0.29, 0.717) is 41.1 Å². The number of para-hydroxylation sites is 1. The molecule has 1 unspecified atom stereocenters. The van der Waals surface area contributed by atoms with Crippen LogP contribution in [-0.2, 0) is 17.4 Å². The number of ether oxygens (including phenoxy) is 1. The lowest BCUT2D eigenvalue weighted by atomic mass is 10.1. The average Bonchev–Trinajstić information content (AvgIpc) is 2.93. The van der Waals surface area contributed by atoms with Gasteiger partial charge in [-0.25, -0.2) is 9.37 Å². The maximum Gasteiger partial charge on any atom is 0.419 e. The van der Waals surface area contributed by atoms with Gasteiger partial charge >= 0.3 is 6.18 Å². The highest BCUT2D eigenvalue weighted by Gasteiger charge is 2.34. The predicted octanol–water partition coefficient (Wildman–Crippen LogP) is 3.97. The Morgan fingerprint density at radius 3 is 2.44 bits per heavy atom. The zero-order chi connectivity index (χ0) is 29.7. The molecule has 0 saturated heterocycles. The zero-order valence-corrected chi connectivity index (χ0v) is 22.2. The summed E-state index contributed by atoms with van der Waals surface area (Å²) in [7, 11) is 0. The van der Waals surface area contributed by atoms with Crippen LogP contribution in [0.4, 0.5) is 17.6 Å². The van der Waals surface area contributed by atoms with E-state index in [1.165, 1.54) is 9.47 Å². The van der Waals surface area contributed by atoms with Crippen LogP contribution in [0, 0.1) is 5.82 Å². The Morgan fingerprint density at radius 2 is 1.80 bits per heavy atom. The Balaban J connectivity index is 1.66. The normalized spacial score (nSPS) is 12.4. The maximum absolute atomic E-state index is 14.1. The lowest BCUT2D eigenvalue weighted by molar-refractivity contribution is -0.140. The van der Waals surface area contributed by atoms with Crippen molar-refractivity contribution >= 4 is 16.8 Å². The summed E-state index contributed by atoms with van der Waals surface area (Å²) in [6.45, 7) is 2.34. The molecular weight excluding hydrogens is 542 g/mol. The molecule has 1 aromatic heterocycles. The lowest BCUT2D eigenvalue weighted by Crippen LogP contribution is -2.42. The van der Waals surface area contributed by atoms with Gasteiger partial charge in [-0.05, 0) is 61.0 Å². The van der Waals surface area contributed by atoms with Crippen LogP contribution in [0.15, 0.2) is 71.5 Å². The molecule has 1 heterocycles. The largest absolute Gasteiger partial charge is 0.494 e. The Labute approximate surface area is 233 Å². The molecule has 0 radical (unpaired) electrons. The molecule has 0 aliphatic rings. The van der Waals surface area contributed by atoms with Gasteiger partial charge in [0.1, 0.15) is 17.4 Å². The number of nitrogens with zero attached hydrogens (tertiary/aromatic N) is 3. The third-order valence-electron chi connectivity index (χ3n) is 6.40. The van der Waals surface area contributed by atoms with Crippen LogP contribution in [0.25, 0.3) is 16.6 Å². The van der Waals surface area contributed by atoms with Crippen molar-refractivity contribution in [2.45, 2.75) is 25.6 Å². The van der Waals surface area contributed by atoms with Gasteiger partial charge in [-0.15, -0.1) is 0 Å². The molecule has 1 atom stereocenters. The van der Waals surface area contributed by atoms with Crippen molar-refractivity contribution in [3.8, 4) is 11.4 Å². The molecule has 1 amide bonds. The number of nitrogens with two attached hydrogens (primary N) is 2. The summed E-state index contributed by atoms with van der Waals surface area (Å²) in [4.78, 5) is 32.7. The molecule has 4 rings (SSSR count). The summed E-state index contributed by atoms with van der Waals surface area (Å²) in [5.41, 5.74) is 11.5. The highest BCUT2D eigenvalue weighted by atomic mass is 19.4. The van der Waals surface area contributed by atoms with E-state index in [1.807, 2.05) is 6.92 Å². The Bertz CT molecular complexity index is 1590. The number of rotatable bonds is 10. The molecule has 4 N–H and O–H groups in total. The van der Waals surface area contributed by atoms with Crippen molar-refractivity contribution in [1.82, 2.24) is 14.5 Å². The summed E-state index contributed by atoms with van der Waals surface area (Å²) in [6, 6.07) is 15.0. The van der Waals surface area contributed by atoms with Gasteiger partial charge in [0, 0.05) is 19.6 Å². The van der Waals surface area contributed by atoms with Crippen molar-refractivity contribution < 1.29 is 27.1 Å². The summed E-state index contributed by atoms with van der Waals surface area (Å²) in [5, 5.41) is 0.372. The topological polar surface area (TPSA) is 116 Å². The standard InChI is InChI=1S/C29H29F4N5O3/c1-2-41-20-10-8-19(9-11-20)38-27(36-25-6-4-3-5-21(25)28(38)40)24(35)17-37(14-13-34)26(39)16-18-7-12-22(23(30)15-18)29(31,32)33/h3-12,15,24H,2,13-14,16-17,34-35H2,1H3. The first-order valence-electron chi connectivity index (χ1n) is 12.9. The van der Waals surface area contributed by atoms with Crippen LogP contribution in [0.1, 0.15) is 29.9 Å². The van der Waals surface area contributed by atoms with Crippen LogP contribution < -0.4 is 21.8 Å². The number of benzene rings is 3. The zero-order valence-electron chi connectivity index (χ0n) is 22.2. The van der Waals surface area contributed by atoms with Crippen LogP contribution >= 0.6 is 0 Å². The molecular formula is C29H29F4N5O3. The van der Waals surface area contributed by atoms with Crippen molar-refractivity contribution in [1.29, 1.82) is 0 Å². The average molecular weight is 572 g/mol. The van der Waals surface area contributed by atoms with E-state index in [0.717, 1.165) is 6.07 Å². The van der Waals surface area contributed by atoms with E-state index in [9.17, 15) is 27.2 Å². The first-order chi connectivity index (χ1) is 19.5. The monoisotopic (exact) mass is 571 g/mol. The molecule has 8 nitrogen and oxygen atoms in total. The Hall–Kier alpha value is -4.29. The second-order valence-corrected chi connectivity index (χ2v) is 9.28. The van der Waals surface area contributed by atoms with Gasteiger partial charge in [-0.3, -0.25) is 14.2 Å². The van der Waals surface area contributed by atoms with E-state index in [1.54, 1.807) is 48.5 Å². The van der Waals surface area contributed by atoms with Crippen molar-refractivity contribution in [2.75, 3.05) is 26.2 Å².